The monoisotopic (exact) mass is 413 g/mol. The fourth-order valence-electron chi connectivity index (χ4n) is 2.89. The van der Waals surface area contributed by atoms with Gasteiger partial charge < -0.3 is 9.64 Å². The molecule has 1 fully saturated rings. The first-order valence-electron chi connectivity index (χ1n) is 8.61. The Balaban J connectivity index is 1.98. The van der Waals surface area contributed by atoms with Crippen molar-refractivity contribution in [2.45, 2.75) is 31.2 Å². The summed E-state index contributed by atoms with van der Waals surface area (Å²) in [7, 11) is -3.11. The van der Waals surface area contributed by atoms with Crippen LogP contribution in [0.1, 0.15) is 30.6 Å². The molecule has 2 rings (SSSR count). The lowest BCUT2D eigenvalue weighted by atomic mass is 10.2. The highest BCUT2D eigenvalue weighted by atomic mass is 32.2. The van der Waals surface area contributed by atoms with Crippen LogP contribution in [0.2, 0.25) is 0 Å². The zero-order valence-electron chi connectivity index (χ0n) is 15.3. The number of Topliss-reactive ketones (excluding diaryl/α,β-unsaturated/α-hetero) is 1. The zero-order valence-corrected chi connectivity index (χ0v) is 17.0. The summed E-state index contributed by atoms with van der Waals surface area (Å²) < 4.78 is 28.4. The van der Waals surface area contributed by atoms with Gasteiger partial charge in [0.25, 0.3) is 5.91 Å². The number of benzene rings is 1. The van der Waals surface area contributed by atoms with E-state index in [2.05, 4.69) is 0 Å². The second-order valence-corrected chi connectivity index (χ2v) is 9.55. The molecule has 27 heavy (non-hydrogen) atoms. The van der Waals surface area contributed by atoms with Gasteiger partial charge in [-0.15, -0.1) is 11.8 Å². The van der Waals surface area contributed by atoms with E-state index < -0.39 is 28.3 Å². The summed E-state index contributed by atoms with van der Waals surface area (Å²) in [5.41, 5.74) is 0.294. The fourth-order valence-corrected chi connectivity index (χ4v) is 5.46. The van der Waals surface area contributed by atoms with E-state index in [1.165, 1.54) is 23.6 Å². The van der Waals surface area contributed by atoms with Crippen molar-refractivity contribution in [3.8, 4) is 0 Å². The molecule has 0 unspecified atom stereocenters. The Morgan fingerprint density at radius 3 is 2.56 bits per heavy atom. The molecule has 0 aliphatic carbocycles. The molecular weight excluding hydrogens is 390 g/mol. The molecule has 1 heterocycles. The minimum Gasteiger partial charge on any atom is -0.452 e. The van der Waals surface area contributed by atoms with Gasteiger partial charge >= 0.3 is 5.97 Å². The normalized spacial score (nSPS) is 18.1. The molecule has 1 aliphatic rings. The van der Waals surface area contributed by atoms with E-state index in [0.29, 0.717) is 23.4 Å². The third-order valence-electron chi connectivity index (χ3n) is 4.17. The number of likely N-dealkylation sites (N-methyl/N-ethyl adjacent to an activating group) is 1. The van der Waals surface area contributed by atoms with E-state index in [1.807, 2.05) is 0 Å². The van der Waals surface area contributed by atoms with Gasteiger partial charge in [-0.3, -0.25) is 9.59 Å². The predicted octanol–water partition coefficient (Wildman–Crippen LogP) is 1.56. The molecular formula is C18H23NO6S2. The van der Waals surface area contributed by atoms with Gasteiger partial charge in [0.15, 0.2) is 16.4 Å². The number of carbonyl (C=O) groups excluding carboxylic acids is 3. The topological polar surface area (TPSA) is 97.8 Å². The Morgan fingerprint density at radius 2 is 1.96 bits per heavy atom. The van der Waals surface area contributed by atoms with Crippen molar-refractivity contribution in [3.05, 3.63) is 29.8 Å². The molecule has 0 N–H and O–H groups in total. The van der Waals surface area contributed by atoms with Crippen LogP contribution in [-0.4, -0.2) is 67.4 Å². The average molecular weight is 414 g/mol. The molecule has 1 atom stereocenters. The number of esters is 1. The van der Waals surface area contributed by atoms with Crippen LogP contribution in [0.5, 0.6) is 0 Å². The van der Waals surface area contributed by atoms with Crippen molar-refractivity contribution >= 4 is 39.3 Å². The van der Waals surface area contributed by atoms with Crippen molar-refractivity contribution in [3.63, 3.8) is 0 Å². The summed E-state index contributed by atoms with van der Waals surface area (Å²) in [4.78, 5) is 38.0. The van der Waals surface area contributed by atoms with Gasteiger partial charge in [0.2, 0.25) is 0 Å². The average Bonchev–Trinajstić information content (AvgIpc) is 2.98. The van der Waals surface area contributed by atoms with Gasteiger partial charge in [0, 0.05) is 17.5 Å². The van der Waals surface area contributed by atoms with E-state index >= 15 is 0 Å². The molecule has 0 spiro atoms. The third kappa shape index (κ3) is 6.07. The molecule has 0 radical (unpaired) electrons. The van der Waals surface area contributed by atoms with Gasteiger partial charge in [-0.25, -0.2) is 13.2 Å². The molecule has 7 nitrogen and oxygen atoms in total. The lowest BCUT2D eigenvalue weighted by Gasteiger charge is -2.26. The summed E-state index contributed by atoms with van der Waals surface area (Å²) in [6.07, 6.45) is 0.403. The molecule has 1 aliphatic heterocycles. The van der Waals surface area contributed by atoms with E-state index in [9.17, 15) is 22.8 Å². The molecule has 148 valence electrons. The Bertz CT molecular complexity index is 821. The van der Waals surface area contributed by atoms with Gasteiger partial charge in [-0.05, 0) is 32.4 Å². The molecule has 9 heteroatoms. The van der Waals surface area contributed by atoms with Crippen LogP contribution in [-0.2, 0) is 24.2 Å². The first-order valence-corrected chi connectivity index (χ1v) is 11.4. The number of sulfone groups is 1. The van der Waals surface area contributed by atoms with Crippen molar-refractivity contribution in [2.75, 3.05) is 30.4 Å². The highest BCUT2D eigenvalue weighted by Crippen LogP contribution is 2.23. The highest BCUT2D eigenvalue weighted by molar-refractivity contribution is 8.00. The van der Waals surface area contributed by atoms with Gasteiger partial charge in [-0.1, -0.05) is 12.1 Å². The number of amides is 1. The fraction of sp³-hybridized carbons (Fsp3) is 0.500. The third-order valence-corrected chi connectivity index (χ3v) is 7.14. The Hall–Kier alpha value is -1.87. The van der Waals surface area contributed by atoms with Gasteiger partial charge in [-0.2, -0.15) is 0 Å². The Kier molecular flexibility index (Phi) is 7.43. The highest BCUT2D eigenvalue weighted by Gasteiger charge is 2.34. The van der Waals surface area contributed by atoms with E-state index in [1.54, 1.807) is 31.2 Å². The number of hydrogen-bond acceptors (Lipinski definition) is 7. The number of thioether (sulfide) groups is 1. The SMILES string of the molecule is CCN(C(=O)COC(=O)c1ccccc1SCC(C)=O)[C@H]1CCS(=O)(=O)C1. The summed E-state index contributed by atoms with van der Waals surface area (Å²) in [5, 5.41) is 0. The molecule has 0 aromatic heterocycles. The molecule has 1 amide bonds. The van der Waals surface area contributed by atoms with E-state index in [4.69, 9.17) is 4.74 Å². The van der Waals surface area contributed by atoms with E-state index in [-0.39, 0.29) is 29.1 Å². The Morgan fingerprint density at radius 1 is 1.26 bits per heavy atom. The van der Waals surface area contributed by atoms with Crippen LogP contribution in [0.25, 0.3) is 0 Å². The second-order valence-electron chi connectivity index (χ2n) is 6.30. The van der Waals surface area contributed by atoms with Crippen LogP contribution < -0.4 is 0 Å². The zero-order chi connectivity index (χ0) is 20.0. The van der Waals surface area contributed by atoms with Crippen molar-refractivity contribution in [2.24, 2.45) is 0 Å². The van der Waals surface area contributed by atoms with Crippen LogP contribution in [0.4, 0.5) is 0 Å². The summed E-state index contributed by atoms with van der Waals surface area (Å²) >= 11 is 1.24. The number of ketones is 1. The first-order chi connectivity index (χ1) is 12.7. The number of rotatable bonds is 8. The van der Waals surface area contributed by atoms with Crippen molar-refractivity contribution in [1.82, 2.24) is 4.90 Å². The maximum atomic E-state index is 12.4. The van der Waals surface area contributed by atoms with Crippen molar-refractivity contribution in [1.29, 1.82) is 0 Å². The van der Waals surface area contributed by atoms with Gasteiger partial charge in [0.1, 0.15) is 5.78 Å². The minimum absolute atomic E-state index is 0.0107. The van der Waals surface area contributed by atoms with E-state index in [0.717, 1.165) is 0 Å². The summed E-state index contributed by atoms with van der Waals surface area (Å²) in [5.74, 6) is -0.814. The number of carbonyl (C=O) groups is 3. The number of hydrogen-bond donors (Lipinski definition) is 0. The number of nitrogens with zero attached hydrogens (tertiary/aromatic N) is 1. The quantitative estimate of drug-likeness (QED) is 0.471. The summed E-state index contributed by atoms with van der Waals surface area (Å²) in [6.45, 7) is 3.13. The lowest BCUT2D eigenvalue weighted by molar-refractivity contribution is -0.136. The smallest absolute Gasteiger partial charge is 0.339 e. The second kappa shape index (κ2) is 9.36. The van der Waals surface area contributed by atoms with Crippen molar-refractivity contribution < 1.29 is 27.5 Å². The minimum atomic E-state index is -3.11. The van der Waals surface area contributed by atoms with Crippen LogP contribution in [0, 0.1) is 0 Å². The summed E-state index contributed by atoms with van der Waals surface area (Å²) in [6, 6.07) is 6.36. The maximum Gasteiger partial charge on any atom is 0.339 e. The standard InChI is InChI=1S/C18H23NO6S2/c1-3-19(14-8-9-27(23,24)12-14)17(21)10-25-18(22)15-6-4-5-7-16(15)26-11-13(2)20/h4-7,14H,3,8-12H2,1-2H3/t14-/m0/s1. The predicted molar refractivity (Wildman–Crippen MR) is 103 cm³/mol. The van der Waals surface area contributed by atoms with Crippen LogP contribution in [0.15, 0.2) is 29.2 Å². The molecule has 1 saturated heterocycles. The molecule has 1 aromatic rings. The van der Waals surface area contributed by atoms with Crippen LogP contribution in [0.3, 0.4) is 0 Å². The van der Waals surface area contributed by atoms with Crippen LogP contribution >= 0.6 is 11.8 Å². The molecule has 0 bridgehead atoms. The lowest BCUT2D eigenvalue weighted by Crippen LogP contribution is -2.43. The number of ether oxygens (including phenoxy) is 1. The molecule has 0 saturated carbocycles. The van der Waals surface area contributed by atoms with Gasteiger partial charge in [0.05, 0.1) is 22.8 Å². The first kappa shape index (κ1) is 21.4. The maximum absolute atomic E-state index is 12.4. The Labute approximate surface area is 163 Å². The largest absolute Gasteiger partial charge is 0.452 e. The molecule has 1 aromatic carbocycles.